The second-order valence-electron chi connectivity index (χ2n) is 8.89. The number of nitrogens with zero attached hydrogens (tertiary/aromatic N) is 3. The van der Waals surface area contributed by atoms with E-state index in [1.807, 2.05) is 25.1 Å². The summed E-state index contributed by atoms with van der Waals surface area (Å²) in [6.07, 6.45) is 1.40. The summed E-state index contributed by atoms with van der Waals surface area (Å²) < 4.78 is 16.5. The van der Waals surface area contributed by atoms with E-state index in [0.717, 1.165) is 5.56 Å². The zero-order valence-corrected chi connectivity index (χ0v) is 19.4. The lowest BCUT2D eigenvalue weighted by molar-refractivity contribution is 0.0576. The monoisotopic (exact) mass is 449 g/mol. The lowest BCUT2D eigenvalue weighted by Crippen LogP contribution is -2.35. The zero-order valence-electron chi connectivity index (χ0n) is 19.4. The van der Waals surface area contributed by atoms with Gasteiger partial charge in [0.2, 0.25) is 12.3 Å². The van der Waals surface area contributed by atoms with E-state index in [0.29, 0.717) is 40.7 Å². The van der Waals surface area contributed by atoms with Gasteiger partial charge >= 0.3 is 0 Å². The molecule has 2 amide bonds. The van der Waals surface area contributed by atoms with Crippen LogP contribution in [-0.4, -0.2) is 40.6 Å². The number of fused-ring (bicyclic) bond motifs is 1. The summed E-state index contributed by atoms with van der Waals surface area (Å²) in [5.74, 6) is 0.711. The molecule has 0 radical (unpaired) electrons. The molecule has 0 aliphatic carbocycles. The third-order valence-corrected chi connectivity index (χ3v) is 5.74. The van der Waals surface area contributed by atoms with Crippen molar-refractivity contribution in [3.63, 3.8) is 0 Å². The second kappa shape index (κ2) is 8.69. The van der Waals surface area contributed by atoms with E-state index >= 15 is 0 Å². The molecule has 1 aromatic heterocycles. The van der Waals surface area contributed by atoms with Crippen LogP contribution in [0.15, 0.2) is 47.2 Å². The van der Waals surface area contributed by atoms with E-state index in [-0.39, 0.29) is 23.7 Å². The first-order valence-corrected chi connectivity index (χ1v) is 10.8. The Morgan fingerprint density at radius 2 is 1.79 bits per heavy atom. The van der Waals surface area contributed by atoms with Gasteiger partial charge in [0, 0.05) is 0 Å². The van der Waals surface area contributed by atoms with Gasteiger partial charge < -0.3 is 13.9 Å². The van der Waals surface area contributed by atoms with Crippen LogP contribution in [-0.2, 0) is 11.8 Å². The first-order valence-electron chi connectivity index (χ1n) is 10.8. The smallest absolute Gasteiger partial charge is 0.262 e. The van der Waals surface area contributed by atoms with Crippen LogP contribution in [0.3, 0.4) is 0 Å². The van der Waals surface area contributed by atoms with Crippen molar-refractivity contribution in [2.45, 2.75) is 45.6 Å². The molecule has 0 saturated heterocycles. The van der Waals surface area contributed by atoms with E-state index in [4.69, 9.17) is 13.9 Å². The third-order valence-electron chi connectivity index (χ3n) is 5.74. The highest BCUT2D eigenvalue weighted by molar-refractivity contribution is 6.21. The average molecular weight is 450 g/mol. The number of methoxy groups -OCH3 is 1. The molecule has 33 heavy (non-hydrogen) atoms. The largest absolute Gasteiger partial charge is 0.493 e. The lowest BCUT2D eigenvalue weighted by atomic mass is 9.85. The summed E-state index contributed by atoms with van der Waals surface area (Å²) in [5.41, 5.74) is 2.32. The van der Waals surface area contributed by atoms with Crippen molar-refractivity contribution in [2.75, 3.05) is 13.7 Å². The van der Waals surface area contributed by atoms with Crippen molar-refractivity contribution in [1.82, 2.24) is 15.1 Å². The molecular formula is C25H27N3O5. The maximum absolute atomic E-state index is 13.5. The Hall–Kier alpha value is -3.68. The Morgan fingerprint density at radius 3 is 2.42 bits per heavy atom. The SMILES string of the molecule is CCOc1cc(C(Cc2nnco2)N2C(=O)c3ccc(C(C)(C)C)cc3C2=O)ccc1OC. The average Bonchev–Trinajstić information content (AvgIpc) is 3.38. The quantitative estimate of drug-likeness (QED) is 0.495. The molecule has 3 aromatic rings. The number of imide groups is 1. The Bertz CT molecular complexity index is 1180. The topological polar surface area (TPSA) is 94.8 Å². The molecule has 0 N–H and O–H groups in total. The van der Waals surface area contributed by atoms with Gasteiger partial charge in [0.1, 0.15) is 0 Å². The molecule has 1 unspecified atom stereocenters. The number of hydrogen-bond acceptors (Lipinski definition) is 7. The number of amides is 2. The summed E-state index contributed by atoms with van der Waals surface area (Å²) >= 11 is 0. The summed E-state index contributed by atoms with van der Waals surface area (Å²) in [5, 5.41) is 7.71. The molecule has 0 bridgehead atoms. The molecule has 1 atom stereocenters. The van der Waals surface area contributed by atoms with E-state index in [1.165, 1.54) is 11.3 Å². The number of benzene rings is 2. The minimum Gasteiger partial charge on any atom is -0.493 e. The van der Waals surface area contributed by atoms with Crippen molar-refractivity contribution < 1.29 is 23.5 Å². The molecule has 2 heterocycles. The van der Waals surface area contributed by atoms with Gasteiger partial charge in [0.25, 0.3) is 11.8 Å². The number of carbonyl (C=O) groups excluding carboxylic acids is 2. The fraction of sp³-hybridized carbons (Fsp3) is 0.360. The molecule has 172 valence electrons. The Labute approximate surface area is 192 Å². The Balaban J connectivity index is 1.79. The summed E-state index contributed by atoms with van der Waals surface area (Å²) in [4.78, 5) is 28.3. The Morgan fingerprint density at radius 1 is 1.03 bits per heavy atom. The summed E-state index contributed by atoms with van der Waals surface area (Å²) in [7, 11) is 1.56. The van der Waals surface area contributed by atoms with Gasteiger partial charge in [0.05, 0.1) is 37.3 Å². The fourth-order valence-corrected chi connectivity index (χ4v) is 3.99. The van der Waals surface area contributed by atoms with Gasteiger partial charge in [-0.15, -0.1) is 10.2 Å². The van der Waals surface area contributed by atoms with Gasteiger partial charge in [-0.25, -0.2) is 0 Å². The van der Waals surface area contributed by atoms with Crippen molar-refractivity contribution in [1.29, 1.82) is 0 Å². The van der Waals surface area contributed by atoms with Crippen molar-refractivity contribution in [3.05, 3.63) is 70.9 Å². The number of rotatable bonds is 7. The van der Waals surface area contributed by atoms with Gasteiger partial charge in [-0.2, -0.15) is 0 Å². The number of carbonyl (C=O) groups is 2. The molecule has 0 saturated carbocycles. The highest BCUT2D eigenvalue weighted by atomic mass is 16.5. The normalized spacial score (nSPS) is 14.4. The molecule has 2 aromatic carbocycles. The summed E-state index contributed by atoms with van der Waals surface area (Å²) in [6.45, 7) is 8.52. The number of ether oxygens (including phenoxy) is 2. The van der Waals surface area contributed by atoms with Gasteiger partial charge in [-0.05, 0) is 47.7 Å². The van der Waals surface area contributed by atoms with Crippen LogP contribution in [0.25, 0.3) is 0 Å². The van der Waals surface area contributed by atoms with Gasteiger partial charge in [-0.3, -0.25) is 14.5 Å². The molecule has 1 aliphatic rings. The molecule has 1 aliphatic heterocycles. The molecule has 8 nitrogen and oxygen atoms in total. The van der Waals surface area contributed by atoms with E-state index in [9.17, 15) is 9.59 Å². The molecular weight excluding hydrogens is 422 g/mol. The third kappa shape index (κ3) is 4.20. The fourth-order valence-electron chi connectivity index (χ4n) is 3.99. The molecule has 0 fully saturated rings. The van der Waals surface area contributed by atoms with Crippen LogP contribution in [0.2, 0.25) is 0 Å². The maximum atomic E-state index is 13.5. The van der Waals surface area contributed by atoms with E-state index in [1.54, 1.807) is 25.3 Å². The van der Waals surface area contributed by atoms with E-state index < -0.39 is 6.04 Å². The summed E-state index contributed by atoms with van der Waals surface area (Å²) in [6, 6.07) is 10.2. The minimum atomic E-state index is -0.666. The standard InChI is InChI=1S/C25H27N3O5/c1-6-32-21-11-15(7-10-20(21)31-5)19(13-22-27-26-14-33-22)28-23(29)17-9-8-16(25(2,3)4)12-18(17)24(28)30/h7-12,14,19H,6,13H2,1-5H3. The van der Waals surface area contributed by atoms with Crippen molar-refractivity contribution >= 4 is 11.8 Å². The first kappa shape index (κ1) is 22.5. The van der Waals surface area contributed by atoms with Crippen LogP contribution in [0.5, 0.6) is 11.5 Å². The molecule has 4 rings (SSSR count). The lowest BCUT2D eigenvalue weighted by Gasteiger charge is -2.26. The van der Waals surface area contributed by atoms with E-state index in [2.05, 4.69) is 31.0 Å². The van der Waals surface area contributed by atoms with Crippen LogP contribution in [0.4, 0.5) is 0 Å². The first-order chi connectivity index (χ1) is 15.7. The van der Waals surface area contributed by atoms with Gasteiger partial charge in [-0.1, -0.05) is 32.9 Å². The maximum Gasteiger partial charge on any atom is 0.262 e. The van der Waals surface area contributed by atoms with Crippen LogP contribution in [0.1, 0.15) is 71.5 Å². The molecule has 0 spiro atoms. The highest BCUT2D eigenvalue weighted by Gasteiger charge is 2.42. The van der Waals surface area contributed by atoms with Crippen LogP contribution < -0.4 is 9.47 Å². The number of hydrogen-bond donors (Lipinski definition) is 0. The predicted molar refractivity (Wildman–Crippen MR) is 121 cm³/mol. The van der Waals surface area contributed by atoms with Crippen LogP contribution >= 0.6 is 0 Å². The highest BCUT2D eigenvalue weighted by Crippen LogP contribution is 2.38. The number of aromatic nitrogens is 2. The van der Waals surface area contributed by atoms with Crippen molar-refractivity contribution in [2.24, 2.45) is 0 Å². The molecule has 8 heteroatoms. The van der Waals surface area contributed by atoms with Crippen molar-refractivity contribution in [3.8, 4) is 11.5 Å². The predicted octanol–water partition coefficient (Wildman–Crippen LogP) is 4.35. The van der Waals surface area contributed by atoms with Gasteiger partial charge in [0.15, 0.2) is 11.5 Å². The minimum absolute atomic E-state index is 0.155. The Kier molecular flexibility index (Phi) is 5.93. The zero-order chi connectivity index (χ0) is 23.8. The second-order valence-corrected chi connectivity index (χ2v) is 8.89. The van der Waals surface area contributed by atoms with Crippen LogP contribution in [0, 0.1) is 0 Å².